The molecule has 1 aromatic carbocycles. The van der Waals surface area contributed by atoms with Crippen molar-refractivity contribution in [2.24, 2.45) is 0 Å². The highest BCUT2D eigenvalue weighted by Crippen LogP contribution is 2.22. The largest absolute Gasteiger partial charge is 0.383 e. The fourth-order valence-electron chi connectivity index (χ4n) is 2.42. The lowest BCUT2D eigenvalue weighted by Crippen LogP contribution is -2.17. The van der Waals surface area contributed by atoms with Crippen LogP contribution >= 0.6 is 0 Å². The number of aromatic amines is 1. The summed E-state index contributed by atoms with van der Waals surface area (Å²) in [6.45, 7) is 0.589. The number of aldehydes is 1. The normalized spacial score (nSPS) is 10.5. The SMILES string of the molecule is O=Cc1c(NCCc2ccccn2)c2ccccc2[nH]c1=O. The number of pyridine rings is 2. The average molecular weight is 293 g/mol. The van der Waals surface area contributed by atoms with Gasteiger partial charge in [0.2, 0.25) is 0 Å². The van der Waals surface area contributed by atoms with Crippen LogP contribution in [-0.2, 0) is 6.42 Å². The number of hydrogen-bond donors (Lipinski definition) is 2. The van der Waals surface area contributed by atoms with Crippen molar-refractivity contribution in [1.82, 2.24) is 9.97 Å². The summed E-state index contributed by atoms with van der Waals surface area (Å²) in [5.74, 6) is 0. The van der Waals surface area contributed by atoms with Crippen LogP contribution in [0.3, 0.4) is 0 Å². The number of nitrogens with one attached hydrogen (secondary N) is 2. The van der Waals surface area contributed by atoms with Crippen molar-refractivity contribution >= 4 is 22.9 Å². The summed E-state index contributed by atoms with van der Waals surface area (Å²) in [6.07, 6.45) is 3.05. The highest BCUT2D eigenvalue weighted by atomic mass is 16.1. The second-order valence-electron chi connectivity index (χ2n) is 4.90. The number of fused-ring (bicyclic) bond motifs is 1. The molecule has 0 aliphatic carbocycles. The number of nitrogens with zero attached hydrogens (tertiary/aromatic N) is 1. The molecule has 0 saturated heterocycles. The van der Waals surface area contributed by atoms with Gasteiger partial charge in [0.15, 0.2) is 6.29 Å². The Morgan fingerprint density at radius 1 is 1.14 bits per heavy atom. The van der Waals surface area contributed by atoms with E-state index in [1.807, 2.05) is 42.5 Å². The zero-order valence-electron chi connectivity index (χ0n) is 11.9. The predicted octanol–water partition coefficient (Wildman–Crippen LogP) is 2.39. The van der Waals surface area contributed by atoms with E-state index in [0.29, 0.717) is 30.5 Å². The number of anilines is 1. The van der Waals surface area contributed by atoms with Crippen LogP contribution in [0.25, 0.3) is 10.9 Å². The molecule has 5 nitrogen and oxygen atoms in total. The van der Waals surface area contributed by atoms with E-state index in [1.165, 1.54) is 0 Å². The summed E-state index contributed by atoms with van der Waals surface area (Å²) in [6, 6.07) is 13.2. The third-order valence-corrected chi connectivity index (χ3v) is 3.49. The summed E-state index contributed by atoms with van der Waals surface area (Å²) >= 11 is 0. The molecule has 0 fully saturated rings. The maximum Gasteiger partial charge on any atom is 0.261 e. The van der Waals surface area contributed by atoms with Crippen molar-refractivity contribution in [3.05, 3.63) is 70.3 Å². The van der Waals surface area contributed by atoms with E-state index in [9.17, 15) is 9.59 Å². The third kappa shape index (κ3) is 2.74. The Hall–Kier alpha value is -2.95. The highest BCUT2D eigenvalue weighted by Gasteiger charge is 2.11. The Bertz CT molecular complexity index is 857. The lowest BCUT2D eigenvalue weighted by atomic mass is 10.1. The summed E-state index contributed by atoms with van der Waals surface area (Å²) in [5, 5.41) is 4.03. The van der Waals surface area contributed by atoms with Crippen LogP contribution in [0.5, 0.6) is 0 Å². The lowest BCUT2D eigenvalue weighted by molar-refractivity contribution is 0.112. The zero-order valence-corrected chi connectivity index (χ0v) is 11.9. The number of rotatable bonds is 5. The lowest BCUT2D eigenvalue weighted by Gasteiger charge is -2.11. The molecule has 0 amide bonds. The Morgan fingerprint density at radius 2 is 1.95 bits per heavy atom. The Kier molecular flexibility index (Phi) is 3.96. The van der Waals surface area contributed by atoms with Crippen LogP contribution < -0.4 is 10.9 Å². The Balaban J connectivity index is 1.91. The molecule has 110 valence electrons. The molecule has 0 aliphatic heterocycles. The monoisotopic (exact) mass is 293 g/mol. The van der Waals surface area contributed by atoms with E-state index in [2.05, 4.69) is 15.3 Å². The van der Waals surface area contributed by atoms with Gasteiger partial charge in [-0.2, -0.15) is 0 Å². The first-order valence-corrected chi connectivity index (χ1v) is 7.03. The summed E-state index contributed by atoms with van der Waals surface area (Å²) in [4.78, 5) is 30.2. The van der Waals surface area contributed by atoms with E-state index < -0.39 is 0 Å². The summed E-state index contributed by atoms with van der Waals surface area (Å²) in [5.41, 5.74) is 1.98. The van der Waals surface area contributed by atoms with Crippen molar-refractivity contribution in [2.45, 2.75) is 6.42 Å². The number of para-hydroxylation sites is 1. The Morgan fingerprint density at radius 3 is 2.73 bits per heavy atom. The molecule has 0 atom stereocenters. The van der Waals surface area contributed by atoms with E-state index in [4.69, 9.17) is 0 Å². The van der Waals surface area contributed by atoms with E-state index in [-0.39, 0.29) is 11.1 Å². The van der Waals surface area contributed by atoms with Gasteiger partial charge in [-0.3, -0.25) is 14.6 Å². The van der Waals surface area contributed by atoms with Crippen LogP contribution in [0.4, 0.5) is 5.69 Å². The quantitative estimate of drug-likeness (QED) is 0.708. The van der Waals surface area contributed by atoms with Gasteiger partial charge in [0.1, 0.15) is 5.56 Å². The van der Waals surface area contributed by atoms with Gasteiger partial charge in [0.25, 0.3) is 5.56 Å². The number of H-pyrrole nitrogens is 1. The molecule has 2 N–H and O–H groups in total. The minimum absolute atomic E-state index is 0.125. The minimum atomic E-state index is -0.381. The van der Waals surface area contributed by atoms with Crippen LogP contribution in [0, 0.1) is 0 Å². The van der Waals surface area contributed by atoms with Crippen molar-refractivity contribution in [3.63, 3.8) is 0 Å². The van der Waals surface area contributed by atoms with Gasteiger partial charge in [-0.05, 0) is 18.2 Å². The standard InChI is InChI=1S/C17H15N3O2/c21-11-14-16(19-10-8-12-5-3-4-9-18-12)13-6-1-2-7-15(13)20-17(14)22/h1-7,9,11H,8,10H2,(H2,19,20,22). The van der Waals surface area contributed by atoms with Crippen molar-refractivity contribution in [1.29, 1.82) is 0 Å². The molecule has 5 heteroatoms. The van der Waals surface area contributed by atoms with Gasteiger partial charge in [-0.15, -0.1) is 0 Å². The number of aromatic nitrogens is 2. The topological polar surface area (TPSA) is 74.8 Å². The third-order valence-electron chi connectivity index (χ3n) is 3.49. The fourth-order valence-corrected chi connectivity index (χ4v) is 2.42. The predicted molar refractivity (Wildman–Crippen MR) is 86.4 cm³/mol. The van der Waals surface area contributed by atoms with Gasteiger partial charge < -0.3 is 10.3 Å². The first-order valence-electron chi connectivity index (χ1n) is 7.03. The molecule has 0 bridgehead atoms. The van der Waals surface area contributed by atoms with Crippen LogP contribution in [0.1, 0.15) is 16.1 Å². The number of carbonyl (C=O) groups is 1. The number of hydrogen-bond acceptors (Lipinski definition) is 4. The second-order valence-corrected chi connectivity index (χ2v) is 4.90. The molecule has 0 spiro atoms. The van der Waals surface area contributed by atoms with Gasteiger partial charge in [-0.25, -0.2) is 0 Å². The number of carbonyl (C=O) groups excluding carboxylic acids is 1. The van der Waals surface area contributed by atoms with E-state index in [1.54, 1.807) is 6.20 Å². The summed E-state index contributed by atoms with van der Waals surface area (Å²) < 4.78 is 0. The molecule has 0 aliphatic rings. The highest BCUT2D eigenvalue weighted by molar-refractivity contribution is 5.99. The first-order chi connectivity index (χ1) is 10.8. The van der Waals surface area contributed by atoms with Gasteiger partial charge in [-0.1, -0.05) is 24.3 Å². The van der Waals surface area contributed by atoms with Crippen LogP contribution in [0.2, 0.25) is 0 Å². The molecule has 2 aromatic heterocycles. The molecular formula is C17H15N3O2. The van der Waals surface area contributed by atoms with Crippen molar-refractivity contribution in [2.75, 3.05) is 11.9 Å². The van der Waals surface area contributed by atoms with Crippen molar-refractivity contribution < 1.29 is 4.79 Å². The number of benzene rings is 1. The molecule has 0 saturated carbocycles. The van der Waals surface area contributed by atoms with Gasteiger partial charge >= 0.3 is 0 Å². The second kappa shape index (κ2) is 6.22. The molecule has 0 radical (unpaired) electrons. The fraction of sp³-hybridized carbons (Fsp3) is 0.118. The van der Waals surface area contributed by atoms with Crippen LogP contribution in [-0.4, -0.2) is 22.8 Å². The zero-order chi connectivity index (χ0) is 15.4. The molecule has 22 heavy (non-hydrogen) atoms. The van der Waals surface area contributed by atoms with Crippen molar-refractivity contribution in [3.8, 4) is 0 Å². The Labute approximate surface area is 127 Å². The molecule has 3 aromatic rings. The smallest absolute Gasteiger partial charge is 0.261 e. The van der Waals surface area contributed by atoms with E-state index in [0.717, 1.165) is 11.1 Å². The maximum atomic E-state index is 12.0. The van der Waals surface area contributed by atoms with E-state index >= 15 is 0 Å². The molecule has 2 heterocycles. The average Bonchev–Trinajstić information content (AvgIpc) is 2.55. The van der Waals surface area contributed by atoms with Crippen LogP contribution in [0.15, 0.2) is 53.5 Å². The summed E-state index contributed by atoms with van der Waals surface area (Å²) in [7, 11) is 0. The molecular weight excluding hydrogens is 278 g/mol. The first kappa shape index (κ1) is 14.0. The molecule has 0 unspecified atom stereocenters. The minimum Gasteiger partial charge on any atom is -0.383 e. The maximum absolute atomic E-state index is 12.0. The van der Waals surface area contributed by atoms with Gasteiger partial charge in [0.05, 0.1) is 11.2 Å². The van der Waals surface area contributed by atoms with Gasteiger partial charge in [0, 0.05) is 30.2 Å². The molecule has 3 rings (SSSR count).